The summed E-state index contributed by atoms with van der Waals surface area (Å²) >= 11 is 0. The van der Waals surface area contributed by atoms with E-state index in [1.54, 1.807) is 29.2 Å². The minimum Gasteiger partial charge on any atom is -0.464 e. The maximum atomic E-state index is 13.7. The van der Waals surface area contributed by atoms with Crippen molar-refractivity contribution in [2.75, 3.05) is 31.8 Å². The highest BCUT2D eigenvalue weighted by Crippen LogP contribution is 2.33. The number of amides is 3. The maximum absolute atomic E-state index is 13.7. The summed E-state index contributed by atoms with van der Waals surface area (Å²) in [6.07, 6.45) is 1.60. The van der Waals surface area contributed by atoms with E-state index in [1.165, 1.54) is 4.90 Å². The Labute approximate surface area is 226 Å². The maximum Gasteiger partial charge on any atom is 0.322 e. The van der Waals surface area contributed by atoms with Gasteiger partial charge in [-0.2, -0.15) is 5.26 Å². The fraction of sp³-hybridized carbons (Fsp3) is 0.345. The van der Waals surface area contributed by atoms with Crippen molar-refractivity contribution in [2.24, 2.45) is 0 Å². The first kappa shape index (κ1) is 26.1. The zero-order valence-corrected chi connectivity index (χ0v) is 21.7. The van der Waals surface area contributed by atoms with Crippen LogP contribution >= 0.6 is 0 Å². The molecule has 3 amide bonds. The second-order valence-corrected chi connectivity index (χ2v) is 9.58. The highest BCUT2D eigenvalue weighted by atomic mass is 16.7. The number of hydrogen-bond donors (Lipinski definition) is 1. The third-order valence-corrected chi connectivity index (χ3v) is 6.63. The minimum absolute atomic E-state index is 0.139. The highest BCUT2D eigenvalue weighted by Gasteiger charge is 2.27. The topological polar surface area (TPSA) is 117 Å². The average molecular weight is 531 g/mol. The highest BCUT2D eigenvalue weighted by molar-refractivity contribution is 5.92. The van der Waals surface area contributed by atoms with Gasteiger partial charge in [0.05, 0.1) is 24.3 Å². The summed E-state index contributed by atoms with van der Waals surface area (Å²) in [5.41, 5.74) is 1.89. The van der Waals surface area contributed by atoms with E-state index < -0.39 is 6.03 Å². The summed E-state index contributed by atoms with van der Waals surface area (Å²) in [5.74, 6) is 2.46. The molecule has 1 fully saturated rings. The third kappa shape index (κ3) is 6.69. The Hall–Kier alpha value is -4.49. The van der Waals surface area contributed by atoms with Crippen LogP contribution < -0.4 is 14.8 Å². The lowest BCUT2D eigenvalue weighted by atomic mass is 10.1. The van der Waals surface area contributed by atoms with Crippen molar-refractivity contribution >= 4 is 17.6 Å². The van der Waals surface area contributed by atoms with Gasteiger partial charge in [-0.15, -0.1) is 0 Å². The van der Waals surface area contributed by atoms with E-state index in [-0.39, 0.29) is 38.4 Å². The van der Waals surface area contributed by atoms with E-state index in [0.717, 1.165) is 24.2 Å². The van der Waals surface area contributed by atoms with Gasteiger partial charge >= 0.3 is 6.03 Å². The largest absolute Gasteiger partial charge is 0.464 e. The number of nitriles is 1. The molecule has 0 radical (unpaired) electrons. The molecule has 202 valence electrons. The summed E-state index contributed by atoms with van der Waals surface area (Å²) in [6.45, 7) is 3.33. The number of ether oxygens (including phenoxy) is 3. The number of rotatable bonds is 9. The molecule has 0 bridgehead atoms. The molecule has 2 aliphatic rings. The van der Waals surface area contributed by atoms with Crippen LogP contribution in [0.3, 0.4) is 0 Å². The van der Waals surface area contributed by atoms with Gasteiger partial charge in [0.15, 0.2) is 11.5 Å². The van der Waals surface area contributed by atoms with Gasteiger partial charge in [0, 0.05) is 25.4 Å². The summed E-state index contributed by atoms with van der Waals surface area (Å²) in [7, 11) is 0. The average Bonchev–Trinajstić information content (AvgIpc) is 3.71. The molecule has 10 nitrogen and oxygen atoms in total. The SMILES string of the molecule is Cc1ccc(CN(Cc2ccc3c(c2)OCO3)C(=O)CN(CC2CCCO2)C(=O)Nc2ccc(C#N)cc2)o1. The lowest BCUT2D eigenvalue weighted by Crippen LogP contribution is -2.46. The molecule has 0 saturated carbocycles. The number of hydrogen-bond acceptors (Lipinski definition) is 7. The molecular formula is C29H30N4O6. The monoisotopic (exact) mass is 530 g/mol. The van der Waals surface area contributed by atoms with Gasteiger partial charge in [0.2, 0.25) is 12.7 Å². The molecule has 1 N–H and O–H groups in total. The zero-order valence-electron chi connectivity index (χ0n) is 21.7. The summed E-state index contributed by atoms with van der Waals surface area (Å²) in [6, 6.07) is 17.5. The van der Waals surface area contributed by atoms with Crippen molar-refractivity contribution in [3.8, 4) is 17.6 Å². The quantitative estimate of drug-likeness (QED) is 0.435. The summed E-state index contributed by atoms with van der Waals surface area (Å²) in [5, 5.41) is 11.9. The zero-order chi connectivity index (χ0) is 27.2. The van der Waals surface area contributed by atoms with Crippen LogP contribution in [-0.2, 0) is 22.6 Å². The number of nitrogens with one attached hydrogen (secondary N) is 1. The molecule has 0 spiro atoms. The number of fused-ring (bicyclic) bond motifs is 1. The molecule has 10 heteroatoms. The molecule has 1 unspecified atom stereocenters. The third-order valence-electron chi connectivity index (χ3n) is 6.63. The van der Waals surface area contributed by atoms with Crippen molar-refractivity contribution < 1.29 is 28.2 Å². The van der Waals surface area contributed by atoms with Crippen molar-refractivity contribution in [3.63, 3.8) is 0 Å². The van der Waals surface area contributed by atoms with Crippen LogP contribution in [0.15, 0.2) is 59.0 Å². The smallest absolute Gasteiger partial charge is 0.322 e. The van der Waals surface area contributed by atoms with E-state index in [9.17, 15) is 9.59 Å². The standard InChI is InChI=1S/C29H30N4O6/c1-20-4-10-25(39-20)17-32(15-22-7-11-26-27(13-22)38-19-37-26)28(34)18-33(16-24-3-2-12-36-24)29(35)31-23-8-5-21(14-30)6-9-23/h4-11,13,24H,2-3,12,15-19H2,1H3,(H,31,35). The summed E-state index contributed by atoms with van der Waals surface area (Å²) in [4.78, 5) is 30.2. The molecule has 2 aromatic carbocycles. The van der Waals surface area contributed by atoms with Crippen LogP contribution in [0.25, 0.3) is 0 Å². The normalized spacial score (nSPS) is 15.5. The van der Waals surface area contributed by atoms with Crippen LogP contribution in [0, 0.1) is 18.3 Å². The van der Waals surface area contributed by atoms with Gasteiger partial charge in [-0.1, -0.05) is 6.07 Å². The predicted octanol–water partition coefficient (Wildman–Crippen LogP) is 4.43. The molecule has 0 aliphatic carbocycles. The van der Waals surface area contributed by atoms with Crippen LogP contribution in [0.2, 0.25) is 0 Å². The van der Waals surface area contributed by atoms with Gasteiger partial charge in [-0.3, -0.25) is 4.79 Å². The fourth-order valence-corrected chi connectivity index (χ4v) is 4.60. The number of aryl methyl sites for hydroxylation is 1. The van der Waals surface area contributed by atoms with Gasteiger partial charge in [0.25, 0.3) is 0 Å². The van der Waals surface area contributed by atoms with E-state index in [1.807, 2.05) is 37.3 Å². The number of carbonyl (C=O) groups excluding carboxylic acids is 2. The molecule has 3 heterocycles. The molecule has 3 aromatic rings. The minimum atomic E-state index is -0.416. The number of anilines is 1. The van der Waals surface area contributed by atoms with Crippen molar-refractivity contribution in [3.05, 3.63) is 77.2 Å². The first-order valence-electron chi connectivity index (χ1n) is 12.9. The van der Waals surface area contributed by atoms with Gasteiger partial charge in [-0.25, -0.2) is 4.79 Å². The molecule has 1 aromatic heterocycles. The lowest BCUT2D eigenvalue weighted by molar-refractivity contribution is -0.133. The first-order valence-corrected chi connectivity index (χ1v) is 12.9. The van der Waals surface area contributed by atoms with Gasteiger partial charge < -0.3 is 33.7 Å². The van der Waals surface area contributed by atoms with Crippen LogP contribution in [0.4, 0.5) is 10.5 Å². The van der Waals surface area contributed by atoms with Crippen LogP contribution in [-0.4, -0.2) is 54.3 Å². The Bertz CT molecular complexity index is 1360. The number of nitrogens with zero attached hydrogens (tertiary/aromatic N) is 3. The Kier molecular flexibility index (Phi) is 7.99. The molecular weight excluding hydrogens is 500 g/mol. The first-order chi connectivity index (χ1) is 19.0. The van der Waals surface area contributed by atoms with Crippen LogP contribution in [0.1, 0.15) is 35.5 Å². The second-order valence-electron chi connectivity index (χ2n) is 9.58. The molecule has 5 rings (SSSR count). The number of furan rings is 1. The van der Waals surface area contributed by atoms with E-state index in [4.69, 9.17) is 23.9 Å². The number of urea groups is 1. The Morgan fingerprint density at radius 2 is 1.85 bits per heavy atom. The Balaban J connectivity index is 1.34. The van der Waals surface area contributed by atoms with Crippen molar-refractivity contribution in [2.45, 2.75) is 39.0 Å². The van der Waals surface area contributed by atoms with E-state index >= 15 is 0 Å². The van der Waals surface area contributed by atoms with Crippen molar-refractivity contribution in [1.29, 1.82) is 5.26 Å². The predicted molar refractivity (Wildman–Crippen MR) is 141 cm³/mol. The molecule has 1 saturated heterocycles. The Morgan fingerprint density at radius 3 is 2.56 bits per heavy atom. The van der Waals surface area contributed by atoms with E-state index in [2.05, 4.69) is 11.4 Å². The second kappa shape index (κ2) is 11.9. The number of carbonyl (C=O) groups is 2. The molecule has 2 aliphatic heterocycles. The molecule has 1 atom stereocenters. The van der Waals surface area contributed by atoms with E-state index in [0.29, 0.717) is 41.7 Å². The fourth-order valence-electron chi connectivity index (χ4n) is 4.60. The van der Waals surface area contributed by atoms with Gasteiger partial charge in [0.1, 0.15) is 18.1 Å². The van der Waals surface area contributed by atoms with Crippen LogP contribution in [0.5, 0.6) is 11.5 Å². The lowest BCUT2D eigenvalue weighted by Gasteiger charge is -2.29. The number of benzene rings is 2. The Morgan fingerprint density at radius 1 is 1.03 bits per heavy atom. The molecule has 39 heavy (non-hydrogen) atoms. The van der Waals surface area contributed by atoms with Crippen molar-refractivity contribution in [1.82, 2.24) is 9.80 Å². The van der Waals surface area contributed by atoms with Gasteiger partial charge in [-0.05, 0) is 73.9 Å². The summed E-state index contributed by atoms with van der Waals surface area (Å²) < 4.78 is 22.4.